The quantitative estimate of drug-likeness (QED) is 0.271. The minimum absolute atomic E-state index is 0.0282. The van der Waals surface area contributed by atoms with Crippen LogP contribution in [0.2, 0.25) is 0 Å². The number of piperidine rings is 1. The Morgan fingerprint density at radius 2 is 2.11 bits per heavy atom. The average molecular weight is 482 g/mol. The zero-order valence-corrected chi connectivity index (χ0v) is 20.0. The molecule has 1 atom stereocenters. The van der Waals surface area contributed by atoms with Gasteiger partial charge in [-0.25, -0.2) is 9.37 Å². The minimum atomic E-state index is -2.72. The number of aromatic nitrogens is 1. The molecule has 0 spiro atoms. The van der Waals surface area contributed by atoms with Crippen molar-refractivity contribution < 1.29 is 19.3 Å². The molecule has 1 fully saturated rings. The van der Waals surface area contributed by atoms with Crippen molar-refractivity contribution in [2.24, 2.45) is 16.6 Å². The predicted molar refractivity (Wildman–Crippen MR) is 135 cm³/mol. The van der Waals surface area contributed by atoms with Crippen LogP contribution in [-0.4, -0.2) is 59.2 Å². The van der Waals surface area contributed by atoms with Gasteiger partial charge in [-0.3, -0.25) is 4.99 Å². The van der Waals surface area contributed by atoms with E-state index in [1.165, 1.54) is 30.6 Å². The molecule has 1 aromatic carbocycles. The summed E-state index contributed by atoms with van der Waals surface area (Å²) in [6.07, 6.45) is 6.54. The van der Waals surface area contributed by atoms with Gasteiger partial charge < -0.3 is 31.3 Å². The maximum Gasteiger partial charge on any atom is 0.351 e. The summed E-state index contributed by atoms with van der Waals surface area (Å²) >= 11 is 0. The highest BCUT2D eigenvalue weighted by atomic mass is 19.1. The second-order valence-corrected chi connectivity index (χ2v) is 8.66. The molecule has 6 N–H and O–H groups in total. The monoisotopic (exact) mass is 481 g/mol. The summed E-state index contributed by atoms with van der Waals surface area (Å²) in [7, 11) is 2.09. The van der Waals surface area contributed by atoms with Gasteiger partial charge in [-0.15, -0.1) is 0 Å². The fourth-order valence-corrected chi connectivity index (χ4v) is 3.50. The summed E-state index contributed by atoms with van der Waals surface area (Å²) in [6, 6.07) is 7.92. The van der Waals surface area contributed by atoms with Crippen LogP contribution in [0.5, 0.6) is 5.75 Å². The molecule has 1 aliphatic rings. The summed E-state index contributed by atoms with van der Waals surface area (Å²) in [5.74, 6) is 2.36. The fourth-order valence-electron chi connectivity index (χ4n) is 3.50. The lowest BCUT2D eigenvalue weighted by Gasteiger charge is -2.26. The van der Waals surface area contributed by atoms with Crippen LogP contribution in [0, 0.1) is 17.8 Å². The number of hydrogen-bond donors (Lipinski definition) is 4. The van der Waals surface area contributed by atoms with E-state index in [4.69, 9.17) is 16.2 Å². The minimum Gasteiger partial charge on any atom is -0.432 e. The standard InChI is InChI=1S/C26H32FN5O3/c1-18(14-27)6-7-19-4-3-5-22(12-19)26(33,34)35-24-13-20(16-31-25(24)29)21(15-28)17-30-23-8-10-32(2)11-9-23/h3-5,12-13,15-18,23,33-34H,8-11,14,28H2,1-2H3,(H2,29,31). The zero-order valence-electron chi connectivity index (χ0n) is 20.0. The lowest BCUT2D eigenvalue weighted by Crippen LogP contribution is -2.32. The Morgan fingerprint density at radius 3 is 2.80 bits per heavy atom. The molecule has 0 saturated carbocycles. The molecule has 0 amide bonds. The molecule has 1 aliphatic heterocycles. The number of aliphatic hydroxyl groups is 2. The summed E-state index contributed by atoms with van der Waals surface area (Å²) in [4.78, 5) is 11.0. The number of aliphatic imine (C=N–C) groups is 1. The number of benzene rings is 1. The summed E-state index contributed by atoms with van der Waals surface area (Å²) in [5, 5.41) is 21.3. The highest BCUT2D eigenvalue weighted by molar-refractivity contribution is 6.09. The Labute approximate surface area is 205 Å². The number of ether oxygens (including phenoxy) is 1. The van der Waals surface area contributed by atoms with Crippen molar-refractivity contribution in [2.75, 3.05) is 32.5 Å². The van der Waals surface area contributed by atoms with Gasteiger partial charge in [0.2, 0.25) is 0 Å². The van der Waals surface area contributed by atoms with Crippen molar-refractivity contribution >= 4 is 17.6 Å². The van der Waals surface area contributed by atoms with Crippen LogP contribution in [0.15, 0.2) is 47.7 Å². The normalized spacial score (nSPS) is 16.7. The van der Waals surface area contributed by atoms with Crippen LogP contribution >= 0.6 is 0 Å². The molecule has 186 valence electrons. The number of alkyl halides is 1. The Morgan fingerprint density at radius 1 is 1.37 bits per heavy atom. The van der Waals surface area contributed by atoms with E-state index in [0.29, 0.717) is 16.7 Å². The first-order valence-corrected chi connectivity index (χ1v) is 11.4. The molecule has 1 aromatic heterocycles. The van der Waals surface area contributed by atoms with Crippen LogP contribution in [0.4, 0.5) is 10.2 Å². The molecule has 8 nitrogen and oxygen atoms in total. The Kier molecular flexibility index (Phi) is 8.82. The van der Waals surface area contributed by atoms with Gasteiger partial charge in [0.25, 0.3) is 0 Å². The fraction of sp³-hybridized carbons (Fsp3) is 0.385. The maximum atomic E-state index is 12.7. The van der Waals surface area contributed by atoms with Gasteiger partial charge >= 0.3 is 5.97 Å². The summed E-state index contributed by atoms with van der Waals surface area (Å²) < 4.78 is 18.1. The number of likely N-dealkylation sites (tertiary alicyclic amines) is 1. The van der Waals surface area contributed by atoms with Crippen molar-refractivity contribution in [1.29, 1.82) is 0 Å². The molecule has 2 aromatic rings. The van der Waals surface area contributed by atoms with Crippen molar-refractivity contribution in [2.45, 2.75) is 31.8 Å². The molecular weight excluding hydrogens is 449 g/mol. The average Bonchev–Trinajstić information content (AvgIpc) is 2.85. The zero-order chi connectivity index (χ0) is 25.4. The number of nitrogens with two attached hydrogens (primary N) is 2. The SMILES string of the molecule is CC(C#Cc1cccc(C(O)(O)Oc2cc(C(C=NC3CCN(C)CC3)=CN)cnc2N)c1)CF. The summed E-state index contributed by atoms with van der Waals surface area (Å²) in [6.45, 7) is 3.07. The number of nitrogen functional groups attached to an aromatic ring is 1. The second-order valence-electron chi connectivity index (χ2n) is 8.66. The van der Waals surface area contributed by atoms with Gasteiger partial charge in [0.05, 0.1) is 11.6 Å². The summed E-state index contributed by atoms with van der Waals surface area (Å²) in [5.41, 5.74) is 13.4. The van der Waals surface area contributed by atoms with Gasteiger partial charge in [-0.2, -0.15) is 0 Å². The van der Waals surface area contributed by atoms with E-state index in [0.717, 1.165) is 25.9 Å². The maximum absolute atomic E-state index is 12.7. The number of halogens is 1. The third-order valence-electron chi connectivity index (χ3n) is 5.69. The Balaban J connectivity index is 1.79. The smallest absolute Gasteiger partial charge is 0.351 e. The van der Waals surface area contributed by atoms with Gasteiger partial charge in [-0.05, 0) is 64.2 Å². The molecule has 35 heavy (non-hydrogen) atoms. The molecule has 1 unspecified atom stereocenters. The highest BCUT2D eigenvalue weighted by Crippen LogP contribution is 2.30. The topological polar surface area (TPSA) is 130 Å². The van der Waals surface area contributed by atoms with E-state index in [1.54, 1.807) is 25.3 Å². The lowest BCUT2D eigenvalue weighted by molar-refractivity contribution is -0.303. The number of rotatable bonds is 7. The number of pyridine rings is 1. The number of allylic oxidation sites excluding steroid dienone is 1. The van der Waals surface area contributed by atoms with Crippen molar-refractivity contribution in [3.05, 3.63) is 59.4 Å². The van der Waals surface area contributed by atoms with Crippen molar-refractivity contribution in [3.63, 3.8) is 0 Å². The molecular formula is C26H32FN5O3. The van der Waals surface area contributed by atoms with Crippen molar-refractivity contribution in [1.82, 2.24) is 9.88 Å². The van der Waals surface area contributed by atoms with E-state index in [9.17, 15) is 14.6 Å². The number of hydrogen-bond acceptors (Lipinski definition) is 8. The first-order valence-electron chi connectivity index (χ1n) is 11.4. The van der Waals surface area contributed by atoms with Gasteiger partial charge in [0.1, 0.15) is 6.67 Å². The molecule has 1 saturated heterocycles. The molecule has 0 bridgehead atoms. The van der Waals surface area contributed by atoms with Crippen LogP contribution in [0.25, 0.3) is 5.57 Å². The first kappa shape index (κ1) is 26.2. The van der Waals surface area contributed by atoms with Crippen LogP contribution in [-0.2, 0) is 5.97 Å². The predicted octanol–water partition coefficient (Wildman–Crippen LogP) is 2.26. The van der Waals surface area contributed by atoms with Crippen LogP contribution in [0.3, 0.4) is 0 Å². The lowest BCUT2D eigenvalue weighted by atomic mass is 10.1. The molecule has 0 aliphatic carbocycles. The molecule has 2 heterocycles. The van der Waals surface area contributed by atoms with E-state index in [1.807, 2.05) is 0 Å². The van der Waals surface area contributed by atoms with E-state index in [2.05, 4.69) is 33.8 Å². The van der Waals surface area contributed by atoms with Gasteiger partial charge in [-0.1, -0.05) is 17.9 Å². The largest absolute Gasteiger partial charge is 0.432 e. The number of nitrogens with zero attached hydrogens (tertiary/aromatic N) is 3. The van der Waals surface area contributed by atoms with Crippen LogP contribution < -0.4 is 16.2 Å². The third-order valence-corrected chi connectivity index (χ3v) is 5.69. The Bertz CT molecular complexity index is 1130. The molecule has 9 heteroatoms. The molecule has 3 rings (SSSR count). The first-order chi connectivity index (χ1) is 16.7. The van der Waals surface area contributed by atoms with Crippen LogP contribution in [0.1, 0.15) is 36.5 Å². The highest BCUT2D eigenvalue weighted by Gasteiger charge is 2.30. The van der Waals surface area contributed by atoms with Crippen molar-refractivity contribution in [3.8, 4) is 17.6 Å². The second kappa shape index (κ2) is 11.8. The van der Waals surface area contributed by atoms with E-state index < -0.39 is 18.6 Å². The third kappa shape index (κ3) is 7.26. The van der Waals surface area contributed by atoms with Gasteiger partial charge in [0, 0.05) is 41.2 Å². The Hall–Kier alpha value is -3.45. The number of anilines is 1. The van der Waals surface area contributed by atoms with E-state index in [-0.39, 0.29) is 23.2 Å². The van der Waals surface area contributed by atoms with E-state index >= 15 is 0 Å². The molecule has 0 radical (unpaired) electrons. The van der Waals surface area contributed by atoms with Gasteiger partial charge in [0.15, 0.2) is 11.6 Å².